The highest BCUT2D eigenvalue weighted by Crippen LogP contribution is 2.32. The Morgan fingerprint density at radius 2 is 1.80 bits per heavy atom. The summed E-state index contributed by atoms with van der Waals surface area (Å²) < 4.78 is 50.6. The second-order valence-corrected chi connectivity index (χ2v) is 5.11. The van der Waals surface area contributed by atoms with E-state index in [2.05, 4.69) is 0 Å². The monoisotopic (exact) mass is 325 g/mol. The zero-order valence-electron chi connectivity index (χ0n) is 10.2. The second-order valence-electron chi connectivity index (χ2n) is 4.11. The maximum absolute atomic E-state index is 13.4. The number of halogens is 5. The summed E-state index contributed by atoms with van der Waals surface area (Å²) in [6, 6.07) is 4.88. The first kappa shape index (κ1) is 16.9. The number of nitrogens with two attached hydrogens (primary N) is 1. The Kier molecular flexibility index (Phi) is 5.56. The topological polar surface area (TPSA) is 26.0 Å². The van der Waals surface area contributed by atoms with Gasteiger partial charge in [0.05, 0.1) is 5.56 Å². The van der Waals surface area contributed by atoms with Crippen molar-refractivity contribution in [3.8, 4) is 0 Å². The smallest absolute Gasteiger partial charge is 0.326 e. The standard InChI is InChI=1S/C13H11F4NS.ClH/c14-12-5-8(1-2-11(12)13(15,16)17)3-9-4-10(6-18)19-7-9;/h1-2,4-5,7H,3,6,18H2;1H. The van der Waals surface area contributed by atoms with E-state index in [4.69, 9.17) is 5.73 Å². The minimum Gasteiger partial charge on any atom is -0.326 e. The van der Waals surface area contributed by atoms with Crippen LogP contribution in [0.5, 0.6) is 0 Å². The Morgan fingerprint density at radius 1 is 1.10 bits per heavy atom. The number of benzene rings is 1. The lowest BCUT2D eigenvalue weighted by atomic mass is 10.0. The van der Waals surface area contributed by atoms with Gasteiger partial charge in [0.15, 0.2) is 0 Å². The van der Waals surface area contributed by atoms with Crippen LogP contribution in [0.25, 0.3) is 0 Å². The highest BCUT2D eigenvalue weighted by molar-refractivity contribution is 7.10. The normalized spacial score (nSPS) is 11.2. The van der Waals surface area contributed by atoms with Gasteiger partial charge in [0.2, 0.25) is 0 Å². The molecule has 0 atom stereocenters. The van der Waals surface area contributed by atoms with Crippen molar-refractivity contribution in [2.24, 2.45) is 5.73 Å². The van der Waals surface area contributed by atoms with Gasteiger partial charge in [0, 0.05) is 11.4 Å². The molecule has 0 spiro atoms. The van der Waals surface area contributed by atoms with Crippen LogP contribution in [0.15, 0.2) is 29.6 Å². The third-order valence-corrected chi connectivity index (χ3v) is 3.66. The van der Waals surface area contributed by atoms with Gasteiger partial charge in [-0.25, -0.2) is 4.39 Å². The minimum atomic E-state index is -4.66. The molecular formula is C13H12ClF4NS. The molecule has 1 nitrogen and oxygen atoms in total. The van der Waals surface area contributed by atoms with Crippen molar-refractivity contribution in [3.63, 3.8) is 0 Å². The van der Waals surface area contributed by atoms with Crippen LogP contribution in [-0.4, -0.2) is 0 Å². The Balaban J connectivity index is 0.00000200. The third kappa shape index (κ3) is 3.94. The molecule has 7 heteroatoms. The Hall–Kier alpha value is -1.11. The summed E-state index contributed by atoms with van der Waals surface area (Å²) in [7, 11) is 0. The van der Waals surface area contributed by atoms with Crippen LogP contribution in [-0.2, 0) is 19.1 Å². The molecule has 0 amide bonds. The van der Waals surface area contributed by atoms with Crippen molar-refractivity contribution in [2.45, 2.75) is 19.1 Å². The number of hydrogen-bond acceptors (Lipinski definition) is 2. The number of thiophene rings is 1. The molecule has 1 aromatic heterocycles. The summed E-state index contributed by atoms with van der Waals surface area (Å²) in [5.74, 6) is -1.24. The molecule has 20 heavy (non-hydrogen) atoms. The molecular weight excluding hydrogens is 314 g/mol. The molecule has 2 rings (SSSR count). The van der Waals surface area contributed by atoms with Gasteiger partial charge in [-0.1, -0.05) is 6.07 Å². The lowest BCUT2D eigenvalue weighted by Gasteiger charge is -2.09. The van der Waals surface area contributed by atoms with Crippen LogP contribution >= 0.6 is 23.7 Å². The van der Waals surface area contributed by atoms with Crippen molar-refractivity contribution in [1.82, 2.24) is 0 Å². The number of rotatable bonds is 3. The maximum atomic E-state index is 13.4. The van der Waals surface area contributed by atoms with Crippen molar-refractivity contribution in [3.05, 3.63) is 57.0 Å². The van der Waals surface area contributed by atoms with Gasteiger partial charge in [-0.05, 0) is 41.1 Å². The lowest BCUT2D eigenvalue weighted by Crippen LogP contribution is -2.08. The first-order valence-corrected chi connectivity index (χ1v) is 6.40. The predicted octanol–water partition coefficient (Wildman–Crippen LogP) is 4.38. The molecule has 110 valence electrons. The first-order valence-electron chi connectivity index (χ1n) is 5.52. The van der Waals surface area contributed by atoms with Crippen molar-refractivity contribution < 1.29 is 17.6 Å². The highest BCUT2D eigenvalue weighted by atomic mass is 35.5. The van der Waals surface area contributed by atoms with Gasteiger partial charge in [0.1, 0.15) is 5.82 Å². The molecule has 0 aliphatic rings. The van der Waals surface area contributed by atoms with Gasteiger partial charge < -0.3 is 5.73 Å². The van der Waals surface area contributed by atoms with E-state index in [1.54, 1.807) is 0 Å². The quantitative estimate of drug-likeness (QED) is 0.833. The van der Waals surface area contributed by atoms with Crippen molar-refractivity contribution in [2.75, 3.05) is 0 Å². The Morgan fingerprint density at radius 3 is 2.30 bits per heavy atom. The summed E-state index contributed by atoms with van der Waals surface area (Å²) >= 11 is 1.48. The van der Waals surface area contributed by atoms with Gasteiger partial charge in [-0.3, -0.25) is 0 Å². The third-order valence-electron chi connectivity index (χ3n) is 2.66. The van der Waals surface area contributed by atoms with E-state index in [0.717, 1.165) is 22.6 Å². The van der Waals surface area contributed by atoms with Crippen molar-refractivity contribution in [1.29, 1.82) is 0 Å². The molecule has 0 bridgehead atoms. The summed E-state index contributed by atoms with van der Waals surface area (Å²) in [6.45, 7) is 0.423. The molecule has 0 unspecified atom stereocenters. The summed E-state index contributed by atoms with van der Waals surface area (Å²) in [5.41, 5.74) is 5.67. The van der Waals surface area contributed by atoms with Crippen LogP contribution < -0.4 is 5.73 Å². The second kappa shape index (κ2) is 6.56. The largest absolute Gasteiger partial charge is 0.419 e. The number of alkyl halides is 3. The average molecular weight is 326 g/mol. The zero-order valence-corrected chi connectivity index (χ0v) is 11.8. The van der Waals surface area contributed by atoms with Crippen molar-refractivity contribution >= 4 is 23.7 Å². The molecule has 2 N–H and O–H groups in total. The van der Waals surface area contributed by atoms with E-state index in [1.165, 1.54) is 17.4 Å². The summed E-state index contributed by atoms with van der Waals surface area (Å²) in [4.78, 5) is 0.988. The molecule has 0 saturated heterocycles. The lowest BCUT2D eigenvalue weighted by molar-refractivity contribution is -0.140. The van der Waals surface area contributed by atoms with E-state index < -0.39 is 17.6 Å². The van der Waals surface area contributed by atoms with Crippen LogP contribution in [0.3, 0.4) is 0 Å². The molecule has 1 aromatic carbocycles. The van der Waals surface area contributed by atoms with E-state index in [0.29, 0.717) is 18.5 Å². The molecule has 2 aromatic rings. The van der Waals surface area contributed by atoms with Crippen LogP contribution in [0.2, 0.25) is 0 Å². The molecule has 0 aliphatic heterocycles. The fraction of sp³-hybridized carbons (Fsp3) is 0.231. The number of hydrogen-bond donors (Lipinski definition) is 1. The summed E-state index contributed by atoms with van der Waals surface area (Å²) in [5, 5.41) is 1.87. The zero-order chi connectivity index (χ0) is 14.0. The Labute approximate surface area is 123 Å². The van der Waals surface area contributed by atoms with E-state index in [1.807, 2.05) is 11.4 Å². The first-order chi connectivity index (χ1) is 8.90. The predicted molar refractivity (Wildman–Crippen MR) is 73.7 cm³/mol. The highest BCUT2D eigenvalue weighted by Gasteiger charge is 2.33. The Bertz CT molecular complexity index is 580. The molecule has 0 saturated carbocycles. The van der Waals surface area contributed by atoms with Gasteiger partial charge in [-0.15, -0.1) is 23.7 Å². The van der Waals surface area contributed by atoms with Gasteiger partial charge >= 0.3 is 6.18 Å². The van der Waals surface area contributed by atoms with Crippen LogP contribution in [0.4, 0.5) is 17.6 Å². The van der Waals surface area contributed by atoms with Gasteiger partial charge in [-0.2, -0.15) is 13.2 Å². The van der Waals surface area contributed by atoms with E-state index in [9.17, 15) is 17.6 Å². The molecule has 0 fully saturated rings. The maximum Gasteiger partial charge on any atom is 0.419 e. The van der Waals surface area contributed by atoms with E-state index >= 15 is 0 Å². The summed E-state index contributed by atoms with van der Waals surface area (Å²) in [6.07, 6.45) is -4.26. The fourth-order valence-electron chi connectivity index (χ4n) is 1.76. The molecule has 0 aliphatic carbocycles. The van der Waals surface area contributed by atoms with Gasteiger partial charge in [0.25, 0.3) is 0 Å². The molecule has 1 heterocycles. The average Bonchev–Trinajstić information content (AvgIpc) is 2.75. The van der Waals surface area contributed by atoms with Crippen LogP contribution in [0.1, 0.15) is 21.6 Å². The SMILES string of the molecule is Cl.NCc1cc(Cc2ccc(C(F)(F)F)c(F)c2)cs1. The van der Waals surface area contributed by atoms with Crippen LogP contribution in [0, 0.1) is 5.82 Å². The minimum absolute atomic E-state index is 0. The molecule has 0 radical (unpaired) electrons. The van der Waals surface area contributed by atoms with E-state index in [-0.39, 0.29) is 12.4 Å². The fourth-order valence-corrected chi connectivity index (χ4v) is 2.53.